The Balaban J connectivity index is 2.25. The highest BCUT2D eigenvalue weighted by molar-refractivity contribution is 7.99. The average Bonchev–Trinajstić information content (AvgIpc) is 2.55. The van der Waals surface area contributed by atoms with Crippen molar-refractivity contribution >= 4 is 23.6 Å². The van der Waals surface area contributed by atoms with Gasteiger partial charge in [-0.25, -0.2) is 0 Å². The molecule has 1 rings (SSSR count). The fraction of sp³-hybridized carbons (Fsp3) is 0.818. The molecule has 0 aromatic heterocycles. The van der Waals surface area contributed by atoms with Crippen molar-refractivity contribution < 1.29 is 14.3 Å². The number of amides is 1. The fourth-order valence-corrected chi connectivity index (χ4v) is 2.48. The van der Waals surface area contributed by atoms with Crippen LogP contribution in [0.3, 0.4) is 0 Å². The van der Waals surface area contributed by atoms with Crippen LogP contribution < -0.4 is 0 Å². The normalized spacial score (nSPS) is 16.7. The third kappa shape index (κ3) is 4.88. The Morgan fingerprint density at radius 1 is 1.25 bits per heavy atom. The predicted molar refractivity (Wildman–Crippen MR) is 64.4 cm³/mol. The number of hydrogen-bond acceptors (Lipinski definition) is 4. The topological polar surface area (TPSA) is 46.6 Å². The van der Waals surface area contributed by atoms with Gasteiger partial charge in [0.25, 0.3) is 0 Å². The Morgan fingerprint density at radius 3 is 2.81 bits per heavy atom. The molecule has 0 bridgehead atoms. The smallest absolute Gasteiger partial charge is 0.306 e. The van der Waals surface area contributed by atoms with E-state index in [1.54, 1.807) is 6.92 Å². The third-order valence-electron chi connectivity index (χ3n) is 2.42. The van der Waals surface area contributed by atoms with Crippen LogP contribution in [0.2, 0.25) is 0 Å². The van der Waals surface area contributed by atoms with Crippen LogP contribution in [0.4, 0.5) is 0 Å². The zero-order valence-corrected chi connectivity index (χ0v) is 10.6. The molecule has 1 aliphatic heterocycles. The van der Waals surface area contributed by atoms with Crippen LogP contribution in [0, 0.1) is 0 Å². The van der Waals surface area contributed by atoms with Crippen LogP contribution >= 0.6 is 11.8 Å². The van der Waals surface area contributed by atoms with Gasteiger partial charge in [0, 0.05) is 25.3 Å². The molecule has 0 atom stereocenters. The number of thioether (sulfide) groups is 1. The summed E-state index contributed by atoms with van der Waals surface area (Å²) in [5, 5.41) is 0. The Bertz CT molecular complexity index is 237. The number of carbonyl (C=O) groups excluding carboxylic acids is 2. The molecule has 16 heavy (non-hydrogen) atoms. The average molecular weight is 245 g/mol. The van der Waals surface area contributed by atoms with Gasteiger partial charge in [0.15, 0.2) is 0 Å². The number of nitrogens with zero attached hydrogens (tertiary/aromatic N) is 1. The molecule has 92 valence electrons. The number of ether oxygens (including phenoxy) is 1. The van der Waals surface area contributed by atoms with Crippen molar-refractivity contribution in [2.75, 3.05) is 31.2 Å². The summed E-state index contributed by atoms with van der Waals surface area (Å²) in [4.78, 5) is 24.7. The fourth-order valence-electron chi connectivity index (χ4n) is 1.60. The quantitative estimate of drug-likeness (QED) is 0.700. The number of carbonyl (C=O) groups is 2. The monoisotopic (exact) mass is 245 g/mol. The van der Waals surface area contributed by atoms with Gasteiger partial charge in [0.2, 0.25) is 5.91 Å². The third-order valence-corrected chi connectivity index (χ3v) is 3.47. The van der Waals surface area contributed by atoms with E-state index in [-0.39, 0.29) is 24.7 Å². The first kappa shape index (κ1) is 13.4. The molecule has 0 unspecified atom stereocenters. The number of hydrogen-bond donors (Lipinski definition) is 0. The lowest BCUT2D eigenvalue weighted by atomic mass is 10.2. The first-order valence-electron chi connectivity index (χ1n) is 5.75. The first-order chi connectivity index (χ1) is 7.74. The summed E-state index contributed by atoms with van der Waals surface area (Å²) in [6.45, 7) is 3.79. The van der Waals surface area contributed by atoms with Crippen LogP contribution in [-0.4, -0.2) is 48.0 Å². The lowest BCUT2D eigenvalue weighted by Gasteiger charge is -2.19. The van der Waals surface area contributed by atoms with Gasteiger partial charge in [-0.05, 0) is 19.1 Å². The highest BCUT2D eigenvalue weighted by Gasteiger charge is 2.16. The molecule has 1 fully saturated rings. The molecule has 0 aromatic rings. The molecule has 1 amide bonds. The Morgan fingerprint density at radius 2 is 2.06 bits per heavy atom. The standard InChI is InChI=1S/C11H19NO3S/c1-2-15-11(14)5-4-10(13)12-6-3-8-16-9-7-12/h2-9H2,1H3. The molecule has 0 saturated carbocycles. The number of rotatable bonds is 4. The highest BCUT2D eigenvalue weighted by Crippen LogP contribution is 2.11. The maximum absolute atomic E-state index is 11.8. The maximum atomic E-state index is 11.8. The second-order valence-corrected chi connectivity index (χ2v) is 4.88. The Kier molecular flexibility index (Phi) is 6.30. The van der Waals surface area contributed by atoms with Crippen LogP contribution in [0.25, 0.3) is 0 Å². The van der Waals surface area contributed by atoms with Gasteiger partial charge in [0.05, 0.1) is 13.0 Å². The summed E-state index contributed by atoms with van der Waals surface area (Å²) in [6, 6.07) is 0. The molecule has 5 heteroatoms. The van der Waals surface area contributed by atoms with Crippen LogP contribution in [0.1, 0.15) is 26.2 Å². The van der Waals surface area contributed by atoms with Crippen molar-refractivity contribution in [1.29, 1.82) is 0 Å². The van der Waals surface area contributed by atoms with Gasteiger partial charge in [-0.15, -0.1) is 0 Å². The second kappa shape index (κ2) is 7.54. The van der Waals surface area contributed by atoms with Gasteiger partial charge in [-0.1, -0.05) is 0 Å². The van der Waals surface area contributed by atoms with E-state index >= 15 is 0 Å². The minimum atomic E-state index is -0.278. The molecular formula is C11H19NO3S. The van der Waals surface area contributed by atoms with E-state index in [2.05, 4.69) is 0 Å². The summed E-state index contributed by atoms with van der Waals surface area (Å²) in [5.74, 6) is 1.93. The van der Waals surface area contributed by atoms with E-state index < -0.39 is 0 Å². The summed E-state index contributed by atoms with van der Waals surface area (Å²) in [6.07, 6.45) is 1.54. The van der Waals surface area contributed by atoms with Crippen molar-refractivity contribution in [3.8, 4) is 0 Å². The summed E-state index contributed by atoms with van der Waals surface area (Å²) in [5.41, 5.74) is 0. The van der Waals surface area contributed by atoms with E-state index in [0.717, 1.165) is 31.0 Å². The van der Waals surface area contributed by atoms with E-state index in [1.807, 2.05) is 16.7 Å². The van der Waals surface area contributed by atoms with Crippen molar-refractivity contribution in [2.45, 2.75) is 26.2 Å². The molecule has 1 saturated heterocycles. The van der Waals surface area contributed by atoms with Gasteiger partial charge < -0.3 is 9.64 Å². The molecule has 0 radical (unpaired) electrons. The van der Waals surface area contributed by atoms with Gasteiger partial charge >= 0.3 is 5.97 Å². The molecule has 1 heterocycles. The second-order valence-electron chi connectivity index (χ2n) is 3.65. The van der Waals surface area contributed by atoms with Crippen LogP contribution in [0.5, 0.6) is 0 Å². The Labute approximate surface area is 101 Å². The van der Waals surface area contributed by atoms with E-state index in [1.165, 1.54) is 0 Å². The first-order valence-corrected chi connectivity index (χ1v) is 6.90. The van der Waals surface area contributed by atoms with Crippen molar-refractivity contribution in [1.82, 2.24) is 4.90 Å². The lowest BCUT2D eigenvalue weighted by Crippen LogP contribution is -2.33. The predicted octanol–water partition coefficient (Wildman–Crippen LogP) is 1.30. The minimum absolute atomic E-state index is 0.0792. The minimum Gasteiger partial charge on any atom is -0.466 e. The van der Waals surface area contributed by atoms with E-state index in [4.69, 9.17) is 4.74 Å². The summed E-state index contributed by atoms with van der Waals surface area (Å²) >= 11 is 1.88. The zero-order valence-electron chi connectivity index (χ0n) is 9.74. The van der Waals surface area contributed by atoms with Gasteiger partial charge in [-0.2, -0.15) is 11.8 Å². The maximum Gasteiger partial charge on any atom is 0.306 e. The highest BCUT2D eigenvalue weighted by atomic mass is 32.2. The van der Waals surface area contributed by atoms with E-state index in [0.29, 0.717) is 6.61 Å². The van der Waals surface area contributed by atoms with Crippen molar-refractivity contribution in [3.05, 3.63) is 0 Å². The van der Waals surface area contributed by atoms with Gasteiger partial charge in [0.1, 0.15) is 0 Å². The molecule has 4 nitrogen and oxygen atoms in total. The molecule has 0 N–H and O–H groups in total. The zero-order chi connectivity index (χ0) is 11.8. The lowest BCUT2D eigenvalue weighted by molar-refractivity contribution is -0.145. The van der Waals surface area contributed by atoms with Gasteiger partial charge in [-0.3, -0.25) is 9.59 Å². The van der Waals surface area contributed by atoms with E-state index in [9.17, 15) is 9.59 Å². The molecule has 0 aliphatic carbocycles. The van der Waals surface area contributed by atoms with Crippen molar-refractivity contribution in [3.63, 3.8) is 0 Å². The van der Waals surface area contributed by atoms with Crippen LogP contribution in [-0.2, 0) is 14.3 Å². The number of esters is 1. The molecular weight excluding hydrogens is 226 g/mol. The largest absolute Gasteiger partial charge is 0.466 e. The SMILES string of the molecule is CCOC(=O)CCC(=O)N1CCCSCC1. The van der Waals surface area contributed by atoms with Crippen molar-refractivity contribution in [2.24, 2.45) is 0 Å². The molecule has 1 aliphatic rings. The Hall–Kier alpha value is -0.710. The molecule has 0 spiro atoms. The summed E-state index contributed by atoms with van der Waals surface area (Å²) in [7, 11) is 0. The summed E-state index contributed by atoms with van der Waals surface area (Å²) < 4.78 is 4.79. The molecule has 0 aromatic carbocycles. The van der Waals surface area contributed by atoms with Crippen LogP contribution in [0.15, 0.2) is 0 Å².